The maximum Gasteiger partial charge on any atom is 0.407 e. The van der Waals surface area contributed by atoms with Crippen molar-refractivity contribution >= 4 is 12.1 Å². The second kappa shape index (κ2) is 12.9. The van der Waals surface area contributed by atoms with Crippen LogP contribution in [0.1, 0.15) is 73.1 Å². The van der Waals surface area contributed by atoms with E-state index in [4.69, 9.17) is 19.2 Å². The van der Waals surface area contributed by atoms with Crippen LogP contribution in [0.3, 0.4) is 0 Å². The Kier molecular flexibility index (Phi) is 9.79. The highest BCUT2D eigenvalue weighted by molar-refractivity contribution is 5.92. The Hall–Kier alpha value is -4.07. The number of hydrogen-bond donors (Lipinski definition) is 2. The fourth-order valence-electron chi connectivity index (χ4n) is 4.45. The third-order valence-corrected chi connectivity index (χ3v) is 6.23. The fraction of sp³-hybridized carbons (Fsp3) is 0.406. The molecule has 0 aliphatic rings. The monoisotopic (exact) mass is 548 g/mol. The summed E-state index contributed by atoms with van der Waals surface area (Å²) in [6, 6.07) is 12.9. The number of carbonyl (C=O) groups is 2. The molecule has 1 amide bonds. The van der Waals surface area contributed by atoms with Crippen LogP contribution in [0.2, 0.25) is 0 Å². The van der Waals surface area contributed by atoms with Crippen molar-refractivity contribution in [2.45, 2.75) is 73.6 Å². The maximum atomic E-state index is 12.6. The molecule has 0 aliphatic heterocycles. The van der Waals surface area contributed by atoms with Crippen LogP contribution >= 0.6 is 0 Å². The fourth-order valence-corrected chi connectivity index (χ4v) is 4.45. The molecule has 40 heavy (non-hydrogen) atoms. The number of aryl methyl sites for hydroxylation is 2. The number of carboxylic acid groups (broad SMARTS) is 1. The molecule has 0 bridgehead atoms. The van der Waals surface area contributed by atoms with E-state index in [0.29, 0.717) is 18.1 Å². The molecule has 1 heterocycles. The van der Waals surface area contributed by atoms with Crippen molar-refractivity contribution in [2.24, 2.45) is 5.92 Å². The molecule has 1 aromatic heterocycles. The van der Waals surface area contributed by atoms with Crippen molar-refractivity contribution in [1.29, 1.82) is 0 Å². The molecule has 0 radical (unpaired) electrons. The molecule has 0 spiro atoms. The van der Waals surface area contributed by atoms with Gasteiger partial charge in [-0.3, -0.25) is 4.98 Å². The predicted octanol–water partition coefficient (Wildman–Crippen LogP) is 6.87. The first-order chi connectivity index (χ1) is 18.8. The van der Waals surface area contributed by atoms with Gasteiger partial charge < -0.3 is 24.6 Å². The number of para-hydroxylation sites is 1. The Labute approximate surface area is 236 Å². The zero-order valence-electron chi connectivity index (χ0n) is 24.7. The third-order valence-electron chi connectivity index (χ3n) is 6.23. The zero-order valence-corrected chi connectivity index (χ0v) is 24.7. The van der Waals surface area contributed by atoms with Gasteiger partial charge in [0.2, 0.25) is 0 Å². The van der Waals surface area contributed by atoms with Crippen LogP contribution in [0.5, 0.6) is 11.5 Å². The highest BCUT2D eigenvalue weighted by Gasteiger charge is 2.24. The summed E-state index contributed by atoms with van der Waals surface area (Å²) < 4.78 is 17.1. The second-order valence-corrected chi connectivity index (χ2v) is 11.2. The number of methoxy groups -OCH3 is 1. The number of aromatic nitrogens is 1. The average molecular weight is 549 g/mol. The average Bonchev–Trinajstić information content (AvgIpc) is 2.86. The van der Waals surface area contributed by atoms with E-state index in [-0.39, 0.29) is 24.5 Å². The zero-order chi connectivity index (χ0) is 29.6. The molecule has 0 aliphatic carbocycles. The summed E-state index contributed by atoms with van der Waals surface area (Å²) in [6.45, 7) is 13.9. The number of ether oxygens (including phenoxy) is 3. The predicted molar refractivity (Wildman–Crippen MR) is 155 cm³/mol. The number of nitrogens with one attached hydrogen (secondary N) is 1. The summed E-state index contributed by atoms with van der Waals surface area (Å²) in [6.07, 6.45) is 0.193. The Morgan fingerprint density at radius 2 is 1.70 bits per heavy atom. The Morgan fingerprint density at radius 3 is 2.27 bits per heavy atom. The minimum Gasteiger partial charge on any atom is -0.493 e. The number of carboxylic acids is 1. The first-order valence-electron chi connectivity index (χ1n) is 13.4. The molecule has 8 heteroatoms. The minimum atomic E-state index is -1.11. The van der Waals surface area contributed by atoms with Gasteiger partial charge in [-0.1, -0.05) is 49.7 Å². The number of rotatable bonds is 10. The minimum absolute atomic E-state index is 0.00471. The number of benzene rings is 2. The maximum absolute atomic E-state index is 12.6. The summed E-state index contributed by atoms with van der Waals surface area (Å²) in [5.74, 6) is -0.319. The first-order valence-corrected chi connectivity index (χ1v) is 13.4. The third kappa shape index (κ3) is 7.74. The van der Waals surface area contributed by atoms with Crippen molar-refractivity contribution in [2.75, 3.05) is 7.11 Å². The van der Waals surface area contributed by atoms with E-state index in [1.807, 2.05) is 58.9 Å². The van der Waals surface area contributed by atoms with Crippen LogP contribution in [-0.4, -0.2) is 34.9 Å². The molecule has 2 aromatic carbocycles. The van der Waals surface area contributed by atoms with E-state index in [2.05, 4.69) is 19.2 Å². The SMILES string of the molecule is COc1cccc(C(=O)O)c1OCc1c(C)nc(CC(C)C)c(CNC(=O)OC(C)(C)C)c1-c1ccc(C)cc1. The smallest absolute Gasteiger partial charge is 0.407 e. The van der Waals surface area contributed by atoms with Gasteiger partial charge in [0.25, 0.3) is 0 Å². The van der Waals surface area contributed by atoms with Gasteiger partial charge in [0.1, 0.15) is 17.8 Å². The number of hydrogen-bond acceptors (Lipinski definition) is 6. The van der Waals surface area contributed by atoms with Gasteiger partial charge in [0.15, 0.2) is 11.5 Å². The molecule has 214 valence electrons. The standard InChI is InChI=1S/C32H40N2O6/c1-19(2)16-26-24(17-33-31(37)40-32(5,6)7)28(22-14-12-20(3)13-15-22)25(21(4)34-26)18-39-29-23(30(35)36)10-9-11-27(29)38-8/h9-15,19H,16-18H2,1-8H3,(H,33,37)(H,35,36). The largest absolute Gasteiger partial charge is 0.493 e. The Morgan fingerprint density at radius 1 is 1.02 bits per heavy atom. The molecule has 3 rings (SSSR count). The van der Waals surface area contributed by atoms with Gasteiger partial charge >= 0.3 is 12.1 Å². The summed E-state index contributed by atoms with van der Waals surface area (Å²) in [7, 11) is 1.47. The molecule has 0 fully saturated rings. The van der Waals surface area contributed by atoms with Crippen LogP contribution in [0.15, 0.2) is 42.5 Å². The number of alkyl carbamates (subject to hydrolysis) is 1. The van der Waals surface area contributed by atoms with Crippen LogP contribution in [-0.2, 0) is 24.3 Å². The van der Waals surface area contributed by atoms with Crippen LogP contribution < -0.4 is 14.8 Å². The highest BCUT2D eigenvalue weighted by Crippen LogP contribution is 2.36. The summed E-state index contributed by atoms with van der Waals surface area (Å²) in [5.41, 5.74) is 5.63. The van der Waals surface area contributed by atoms with Gasteiger partial charge in [0, 0.05) is 29.1 Å². The summed E-state index contributed by atoms with van der Waals surface area (Å²) in [5, 5.41) is 12.7. The number of pyridine rings is 1. The van der Waals surface area contributed by atoms with E-state index in [9.17, 15) is 14.7 Å². The summed E-state index contributed by atoms with van der Waals surface area (Å²) >= 11 is 0. The lowest BCUT2D eigenvalue weighted by atomic mass is 9.90. The van der Waals surface area contributed by atoms with Crippen molar-refractivity contribution < 1.29 is 28.9 Å². The molecule has 2 N–H and O–H groups in total. The number of aromatic carboxylic acids is 1. The molecule has 0 saturated heterocycles. The number of nitrogens with zero attached hydrogens (tertiary/aromatic N) is 1. The summed E-state index contributed by atoms with van der Waals surface area (Å²) in [4.78, 5) is 29.5. The van der Waals surface area contributed by atoms with Gasteiger partial charge in [-0.2, -0.15) is 0 Å². The topological polar surface area (TPSA) is 107 Å². The molecule has 8 nitrogen and oxygen atoms in total. The molecule has 0 atom stereocenters. The van der Waals surface area contributed by atoms with Crippen LogP contribution in [0.25, 0.3) is 11.1 Å². The van der Waals surface area contributed by atoms with E-state index in [1.165, 1.54) is 13.2 Å². The normalized spacial score (nSPS) is 11.3. The highest BCUT2D eigenvalue weighted by atomic mass is 16.6. The molecule has 3 aromatic rings. The van der Waals surface area contributed by atoms with Gasteiger partial charge in [-0.15, -0.1) is 0 Å². The number of amides is 1. The molecular weight excluding hydrogens is 508 g/mol. The lowest BCUT2D eigenvalue weighted by Gasteiger charge is -2.24. The van der Waals surface area contributed by atoms with Crippen molar-refractivity contribution in [1.82, 2.24) is 10.3 Å². The van der Waals surface area contributed by atoms with Gasteiger partial charge in [0.05, 0.1) is 7.11 Å². The van der Waals surface area contributed by atoms with Gasteiger partial charge in [-0.25, -0.2) is 9.59 Å². The number of carbonyl (C=O) groups excluding carboxylic acids is 1. The van der Waals surface area contributed by atoms with Crippen LogP contribution in [0.4, 0.5) is 4.79 Å². The van der Waals surface area contributed by atoms with Crippen molar-refractivity contribution in [3.8, 4) is 22.6 Å². The van der Waals surface area contributed by atoms with Crippen molar-refractivity contribution in [3.63, 3.8) is 0 Å². The Balaban J connectivity index is 2.17. The first kappa shape index (κ1) is 30.5. The van der Waals surface area contributed by atoms with E-state index < -0.39 is 17.7 Å². The van der Waals surface area contributed by atoms with E-state index >= 15 is 0 Å². The lowest BCUT2D eigenvalue weighted by Crippen LogP contribution is -2.32. The quantitative estimate of drug-likeness (QED) is 0.285. The lowest BCUT2D eigenvalue weighted by molar-refractivity contribution is 0.0523. The Bertz CT molecular complexity index is 1360. The van der Waals surface area contributed by atoms with Crippen LogP contribution in [0, 0.1) is 19.8 Å². The molecule has 0 unspecified atom stereocenters. The second-order valence-electron chi connectivity index (χ2n) is 11.2. The van der Waals surface area contributed by atoms with Crippen molar-refractivity contribution in [3.05, 3.63) is 76.1 Å². The molecular formula is C32H40N2O6. The molecule has 0 saturated carbocycles. The van der Waals surface area contributed by atoms with E-state index in [1.54, 1.807) is 12.1 Å². The van der Waals surface area contributed by atoms with Gasteiger partial charge in [-0.05, 0) is 70.2 Å². The van der Waals surface area contributed by atoms with E-state index in [0.717, 1.165) is 39.2 Å².